The van der Waals surface area contributed by atoms with Crippen LogP contribution in [0.2, 0.25) is 0 Å². The van der Waals surface area contributed by atoms with Crippen LogP contribution in [0, 0.1) is 0 Å². The van der Waals surface area contributed by atoms with Gasteiger partial charge >= 0.3 is 5.97 Å². The second-order valence-corrected chi connectivity index (χ2v) is 6.94. The number of carboxylic acid groups (broad SMARTS) is 1. The topological polar surface area (TPSA) is 53.4 Å². The second kappa shape index (κ2) is 6.03. The summed E-state index contributed by atoms with van der Waals surface area (Å²) in [5.41, 5.74) is 0.226. The molecule has 0 radical (unpaired) electrons. The third-order valence-corrected chi connectivity index (χ3v) is 5.53. The highest BCUT2D eigenvalue weighted by molar-refractivity contribution is 7.21. The maximum atomic E-state index is 11.4. The molecule has 0 unspecified atom stereocenters. The van der Waals surface area contributed by atoms with Crippen LogP contribution >= 0.6 is 22.7 Å². The van der Waals surface area contributed by atoms with Gasteiger partial charge in [-0.2, -0.15) is 0 Å². The molecule has 1 saturated heterocycles. The number of rotatable bonds is 4. The maximum absolute atomic E-state index is 11.4. The zero-order chi connectivity index (χ0) is 13.9. The molecule has 1 aliphatic heterocycles. The number of nitrogens with zero attached hydrogens (tertiary/aromatic N) is 2. The lowest BCUT2D eigenvalue weighted by Gasteiger charge is -2.25. The lowest BCUT2D eigenvalue weighted by Crippen LogP contribution is -2.29. The Balaban J connectivity index is 1.86. The minimum Gasteiger partial charge on any atom is -0.476 e. The van der Waals surface area contributed by atoms with E-state index in [1.165, 1.54) is 30.6 Å². The van der Waals surface area contributed by atoms with Crippen molar-refractivity contribution in [2.24, 2.45) is 0 Å². The number of likely N-dealkylation sites (tertiary alicyclic amines) is 1. The molecule has 0 atom stereocenters. The zero-order valence-electron chi connectivity index (χ0n) is 11.0. The van der Waals surface area contributed by atoms with Crippen molar-refractivity contribution < 1.29 is 9.90 Å². The van der Waals surface area contributed by atoms with Crippen LogP contribution < -0.4 is 0 Å². The van der Waals surface area contributed by atoms with Crippen molar-refractivity contribution in [3.05, 3.63) is 28.1 Å². The molecule has 106 valence electrons. The number of piperidine rings is 1. The zero-order valence-corrected chi connectivity index (χ0v) is 12.7. The van der Waals surface area contributed by atoms with E-state index in [4.69, 9.17) is 0 Å². The Morgan fingerprint density at radius 3 is 2.80 bits per heavy atom. The van der Waals surface area contributed by atoms with Gasteiger partial charge in [0, 0.05) is 6.54 Å². The Kier molecular flexibility index (Phi) is 4.14. The number of aromatic carboxylic acids is 1. The molecule has 2 aromatic heterocycles. The first-order chi connectivity index (χ1) is 9.74. The molecule has 0 spiro atoms. The van der Waals surface area contributed by atoms with Gasteiger partial charge in [-0.25, -0.2) is 9.78 Å². The Morgan fingerprint density at radius 1 is 1.35 bits per heavy atom. The van der Waals surface area contributed by atoms with E-state index in [-0.39, 0.29) is 5.69 Å². The van der Waals surface area contributed by atoms with Crippen LogP contribution in [0.4, 0.5) is 0 Å². The van der Waals surface area contributed by atoms with Crippen LogP contribution in [-0.4, -0.2) is 34.0 Å². The summed E-state index contributed by atoms with van der Waals surface area (Å²) in [5.74, 6) is -0.920. The monoisotopic (exact) mass is 308 g/mol. The average molecular weight is 308 g/mol. The number of carbonyl (C=O) groups is 1. The van der Waals surface area contributed by atoms with E-state index in [9.17, 15) is 9.90 Å². The molecule has 2 aromatic rings. The number of hydrogen-bond donors (Lipinski definition) is 1. The summed E-state index contributed by atoms with van der Waals surface area (Å²) >= 11 is 3.11. The van der Waals surface area contributed by atoms with Crippen molar-refractivity contribution in [3.8, 4) is 9.88 Å². The molecule has 0 aromatic carbocycles. The molecule has 20 heavy (non-hydrogen) atoms. The SMILES string of the molecule is O=C(O)c1nc(-c2cccs2)sc1CN1CCCCC1. The fraction of sp³-hybridized carbons (Fsp3) is 0.429. The summed E-state index contributed by atoms with van der Waals surface area (Å²) < 4.78 is 0. The molecule has 0 amide bonds. The molecular weight excluding hydrogens is 292 g/mol. The molecule has 0 saturated carbocycles. The van der Waals surface area contributed by atoms with Gasteiger partial charge in [0.2, 0.25) is 0 Å². The molecule has 4 nitrogen and oxygen atoms in total. The fourth-order valence-corrected chi connectivity index (χ4v) is 4.34. The van der Waals surface area contributed by atoms with E-state index in [0.29, 0.717) is 6.54 Å². The first-order valence-electron chi connectivity index (χ1n) is 6.73. The van der Waals surface area contributed by atoms with E-state index in [1.54, 1.807) is 11.3 Å². The van der Waals surface area contributed by atoms with E-state index in [2.05, 4.69) is 9.88 Å². The second-order valence-electron chi connectivity index (χ2n) is 4.91. The van der Waals surface area contributed by atoms with Crippen LogP contribution in [0.3, 0.4) is 0 Å². The lowest BCUT2D eigenvalue weighted by molar-refractivity contribution is 0.0689. The van der Waals surface area contributed by atoms with Crippen molar-refractivity contribution in [2.45, 2.75) is 25.8 Å². The van der Waals surface area contributed by atoms with Gasteiger partial charge in [-0.3, -0.25) is 4.90 Å². The van der Waals surface area contributed by atoms with Crippen LogP contribution in [0.5, 0.6) is 0 Å². The van der Waals surface area contributed by atoms with Crippen molar-refractivity contribution in [2.75, 3.05) is 13.1 Å². The number of thiazole rings is 1. The molecule has 3 rings (SSSR count). The minimum atomic E-state index is -0.920. The minimum absolute atomic E-state index is 0.226. The van der Waals surface area contributed by atoms with Crippen molar-refractivity contribution >= 4 is 28.6 Å². The lowest BCUT2D eigenvalue weighted by atomic mass is 10.1. The smallest absolute Gasteiger partial charge is 0.355 e. The van der Waals surface area contributed by atoms with Gasteiger partial charge < -0.3 is 5.11 Å². The summed E-state index contributed by atoms with van der Waals surface area (Å²) in [4.78, 5) is 20.0. The first-order valence-corrected chi connectivity index (χ1v) is 8.43. The van der Waals surface area contributed by atoms with Gasteiger partial charge in [0.25, 0.3) is 0 Å². The van der Waals surface area contributed by atoms with Crippen LogP contribution in [-0.2, 0) is 6.54 Å². The van der Waals surface area contributed by atoms with E-state index >= 15 is 0 Å². The van der Waals surface area contributed by atoms with E-state index in [1.807, 2.05) is 17.5 Å². The highest BCUT2D eigenvalue weighted by Gasteiger charge is 2.21. The largest absolute Gasteiger partial charge is 0.476 e. The molecule has 1 fully saturated rings. The van der Waals surface area contributed by atoms with Gasteiger partial charge in [-0.1, -0.05) is 12.5 Å². The summed E-state index contributed by atoms with van der Waals surface area (Å²) in [6.07, 6.45) is 3.70. The Labute approximate surface area is 125 Å². The third-order valence-electron chi connectivity index (χ3n) is 3.45. The molecule has 1 N–H and O–H groups in total. The number of aromatic nitrogens is 1. The third kappa shape index (κ3) is 2.92. The first kappa shape index (κ1) is 13.7. The summed E-state index contributed by atoms with van der Waals surface area (Å²) in [5, 5.41) is 12.1. The predicted molar refractivity (Wildman–Crippen MR) is 81.5 cm³/mol. The van der Waals surface area contributed by atoms with Gasteiger partial charge in [0.1, 0.15) is 5.01 Å². The molecule has 3 heterocycles. The van der Waals surface area contributed by atoms with Crippen LogP contribution in [0.15, 0.2) is 17.5 Å². The highest BCUT2D eigenvalue weighted by atomic mass is 32.1. The quantitative estimate of drug-likeness (QED) is 0.938. The van der Waals surface area contributed by atoms with Gasteiger partial charge in [-0.15, -0.1) is 22.7 Å². The molecule has 1 aliphatic rings. The van der Waals surface area contributed by atoms with Crippen molar-refractivity contribution in [1.29, 1.82) is 0 Å². The standard InChI is InChI=1S/C14H16N2O2S2/c17-14(18)12-11(9-16-6-2-1-3-7-16)20-13(15-12)10-5-4-8-19-10/h4-5,8H,1-3,6-7,9H2,(H,17,18). The Hall–Kier alpha value is -1.24. The predicted octanol–water partition coefficient (Wildman–Crippen LogP) is 3.56. The van der Waals surface area contributed by atoms with Crippen molar-refractivity contribution in [1.82, 2.24) is 9.88 Å². The van der Waals surface area contributed by atoms with Crippen LogP contribution in [0.1, 0.15) is 34.6 Å². The highest BCUT2D eigenvalue weighted by Crippen LogP contribution is 2.32. The normalized spacial score (nSPS) is 16.4. The van der Waals surface area contributed by atoms with Gasteiger partial charge in [0.05, 0.1) is 9.75 Å². The van der Waals surface area contributed by atoms with E-state index in [0.717, 1.165) is 27.9 Å². The Morgan fingerprint density at radius 2 is 2.15 bits per heavy atom. The van der Waals surface area contributed by atoms with Crippen LogP contribution in [0.25, 0.3) is 9.88 Å². The molecule has 0 aliphatic carbocycles. The molecule has 0 bridgehead atoms. The van der Waals surface area contributed by atoms with Gasteiger partial charge in [0.15, 0.2) is 5.69 Å². The molecular formula is C14H16N2O2S2. The summed E-state index contributed by atoms with van der Waals surface area (Å²) in [7, 11) is 0. The molecule has 6 heteroatoms. The fourth-order valence-electron chi connectivity index (χ4n) is 2.45. The summed E-state index contributed by atoms with van der Waals surface area (Å²) in [6, 6.07) is 3.95. The van der Waals surface area contributed by atoms with Crippen molar-refractivity contribution in [3.63, 3.8) is 0 Å². The van der Waals surface area contributed by atoms with Gasteiger partial charge in [-0.05, 0) is 37.4 Å². The maximum Gasteiger partial charge on any atom is 0.355 e. The van der Waals surface area contributed by atoms with E-state index < -0.39 is 5.97 Å². The number of hydrogen-bond acceptors (Lipinski definition) is 5. The summed E-state index contributed by atoms with van der Waals surface area (Å²) in [6.45, 7) is 2.83. The average Bonchev–Trinajstić information content (AvgIpc) is 3.08. The Bertz CT molecular complexity index is 586. The number of carboxylic acids is 1. The number of thiophene rings is 1.